The van der Waals surface area contributed by atoms with Gasteiger partial charge in [-0.1, -0.05) is 30.3 Å². The molecule has 0 amide bonds. The maximum absolute atomic E-state index is 13.6. The molecule has 1 aliphatic rings. The van der Waals surface area contributed by atoms with Gasteiger partial charge in [-0.2, -0.15) is 0 Å². The Morgan fingerprint density at radius 2 is 1.95 bits per heavy atom. The fourth-order valence-electron chi connectivity index (χ4n) is 2.35. The molecule has 0 radical (unpaired) electrons. The quantitative estimate of drug-likeness (QED) is 0.870. The van der Waals surface area contributed by atoms with E-state index < -0.39 is 10.8 Å². The van der Waals surface area contributed by atoms with Crippen molar-refractivity contribution >= 4 is 10.8 Å². The lowest BCUT2D eigenvalue weighted by Gasteiger charge is -2.20. The minimum Gasteiger partial charge on any atom is -0.467 e. The van der Waals surface area contributed by atoms with Crippen LogP contribution in [0.5, 0.6) is 5.75 Å². The fourth-order valence-corrected chi connectivity index (χ4v) is 3.58. The van der Waals surface area contributed by atoms with Crippen molar-refractivity contribution < 1.29 is 18.1 Å². The Balaban J connectivity index is 1.78. The number of halogens is 1. The number of hydrogen-bond acceptors (Lipinski definition) is 3. The molecule has 0 bridgehead atoms. The van der Waals surface area contributed by atoms with Crippen LogP contribution in [0.1, 0.15) is 16.7 Å². The molecule has 0 aromatic heterocycles. The highest BCUT2D eigenvalue weighted by atomic mass is 32.2. The lowest BCUT2D eigenvalue weighted by molar-refractivity contribution is -0.0171. The van der Waals surface area contributed by atoms with Gasteiger partial charge in [0.25, 0.3) is 0 Å². The van der Waals surface area contributed by atoms with Crippen LogP contribution in [0.4, 0.5) is 4.39 Å². The van der Waals surface area contributed by atoms with Crippen LogP contribution in [0.3, 0.4) is 0 Å². The topological polar surface area (TPSA) is 35.5 Å². The number of fused-ring (bicyclic) bond motifs is 1. The predicted molar refractivity (Wildman–Crippen MR) is 78.7 cm³/mol. The molecule has 1 heterocycles. The molecule has 5 heteroatoms. The maximum Gasteiger partial charge on any atom is 0.189 e. The predicted octanol–water partition coefficient (Wildman–Crippen LogP) is 3.14. The van der Waals surface area contributed by atoms with E-state index in [1.807, 2.05) is 30.3 Å². The summed E-state index contributed by atoms with van der Waals surface area (Å²) in [5, 5.41) is 0. The summed E-state index contributed by atoms with van der Waals surface area (Å²) in [6.07, 6.45) is 0. The molecule has 0 N–H and O–H groups in total. The first-order valence-corrected chi connectivity index (χ1v) is 8.12. The number of benzene rings is 2. The largest absolute Gasteiger partial charge is 0.467 e. The third-order valence-electron chi connectivity index (χ3n) is 3.24. The van der Waals surface area contributed by atoms with Gasteiger partial charge in [0.15, 0.2) is 6.79 Å². The molecule has 1 unspecified atom stereocenters. The Kier molecular flexibility index (Phi) is 4.31. The van der Waals surface area contributed by atoms with Crippen molar-refractivity contribution in [2.24, 2.45) is 0 Å². The minimum absolute atomic E-state index is 0.150. The first-order valence-electron chi connectivity index (χ1n) is 6.63. The lowest BCUT2D eigenvalue weighted by Crippen LogP contribution is -2.14. The van der Waals surface area contributed by atoms with Crippen molar-refractivity contribution in [3.05, 3.63) is 65.0 Å². The molecule has 2 aromatic rings. The van der Waals surface area contributed by atoms with Crippen LogP contribution in [0, 0.1) is 5.82 Å². The van der Waals surface area contributed by atoms with Crippen LogP contribution >= 0.6 is 0 Å². The normalized spacial score (nSPS) is 15.1. The second-order valence-corrected chi connectivity index (χ2v) is 6.33. The number of ether oxygens (including phenoxy) is 2. The molecule has 1 aliphatic heterocycles. The van der Waals surface area contributed by atoms with Crippen molar-refractivity contribution in [1.82, 2.24) is 0 Å². The van der Waals surface area contributed by atoms with E-state index in [0.29, 0.717) is 29.2 Å². The van der Waals surface area contributed by atoms with Gasteiger partial charge in [-0.15, -0.1) is 0 Å². The first kappa shape index (κ1) is 14.2. The molecule has 1 atom stereocenters. The van der Waals surface area contributed by atoms with Gasteiger partial charge in [0.05, 0.1) is 12.4 Å². The van der Waals surface area contributed by atoms with E-state index in [-0.39, 0.29) is 18.4 Å². The van der Waals surface area contributed by atoms with Crippen molar-refractivity contribution in [3.63, 3.8) is 0 Å². The molecule has 2 aromatic carbocycles. The molecule has 0 saturated heterocycles. The van der Waals surface area contributed by atoms with E-state index in [2.05, 4.69) is 0 Å². The van der Waals surface area contributed by atoms with E-state index in [9.17, 15) is 8.60 Å². The number of hydrogen-bond donors (Lipinski definition) is 0. The van der Waals surface area contributed by atoms with E-state index in [1.54, 1.807) is 0 Å². The van der Waals surface area contributed by atoms with Gasteiger partial charge in [-0.25, -0.2) is 4.39 Å². The van der Waals surface area contributed by atoms with Gasteiger partial charge >= 0.3 is 0 Å². The molecular formula is C16H15FO3S. The summed E-state index contributed by atoms with van der Waals surface area (Å²) < 4.78 is 36.5. The minimum atomic E-state index is -1.12. The lowest BCUT2D eigenvalue weighted by atomic mass is 10.1. The highest BCUT2D eigenvalue weighted by Gasteiger charge is 2.18. The van der Waals surface area contributed by atoms with Crippen LogP contribution in [-0.2, 0) is 33.6 Å². The first-order chi connectivity index (χ1) is 10.2. The van der Waals surface area contributed by atoms with Gasteiger partial charge in [-0.3, -0.25) is 4.21 Å². The summed E-state index contributed by atoms with van der Waals surface area (Å²) in [5.74, 6) is 0.982. The third-order valence-corrected chi connectivity index (χ3v) is 4.53. The van der Waals surface area contributed by atoms with E-state index >= 15 is 0 Å². The van der Waals surface area contributed by atoms with Crippen LogP contribution in [0.2, 0.25) is 0 Å². The molecule has 0 spiro atoms. The van der Waals surface area contributed by atoms with E-state index in [0.717, 1.165) is 5.56 Å². The van der Waals surface area contributed by atoms with E-state index in [1.165, 1.54) is 12.1 Å². The zero-order chi connectivity index (χ0) is 14.7. The zero-order valence-corrected chi connectivity index (χ0v) is 12.2. The molecule has 3 rings (SSSR count). The highest BCUT2D eigenvalue weighted by Crippen LogP contribution is 2.30. The summed E-state index contributed by atoms with van der Waals surface area (Å²) in [4.78, 5) is 0. The monoisotopic (exact) mass is 306 g/mol. The van der Waals surface area contributed by atoms with Gasteiger partial charge < -0.3 is 9.47 Å². The van der Waals surface area contributed by atoms with Crippen LogP contribution in [0.15, 0.2) is 42.5 Å². The second kappa shape index (κ2) is 6.37. The van der Waals surface area contributed by atoms with Crippen LogP contribution in [-0.4, -0.2) is 11.0 Å². The SMILES string of the molecule is O=S(Cc1ccccc1)Cc1cc(F)cc2c1OCOC2. The summed E-state index contributed by atoms with van der Waals surface area (Å²) in [6.45, 7) is 0.475. The third kappa shape index (κ3) is 3.49. The van der Waals surface area contributed by atoms with E-state index in [4.69, 9.17) is 9.47 Å². The highest BCUT2D eigenvalue weighted by molar-refractivity contribution is 7.83. The van der Waals surface area contributed by atoms with Gasteiger partial charge in [0.2, 0.25) is 0 Å². The van der Waals surface area contributed by atoms with Gasteiger partial charge in [-0.05, 0) is 17.7 Å². The van der Waals surface area contributed by atoms with Crippen molar-refractivity contribution in [1.29, 1.82) is 0 Å². The average molecular weight is 306 g/mol. The van der Waals surface area contributed by atoms with Crippen LogP contribution < -0.4 is 4.74 Å². The molecule has 3 nitrogen and oxygen atoms in total. The Bertz CT molecular complexity index is 658. The summed E-state index contributed by atoms with van der Waals surface area (Å²) in [5.41, 5.74) is 2.32. The Morgan fingerprint density at radius 3 is 2.76 bits per heavy atom. The molecule has 110 valence electrons. The van der Waals surface area contributed by atoms with Crippen molar-refractivity contribution in [2.45, 2.75) is 18.1 Å². The average Bonchev–Trinajstić information content (AvgIpc) is 2.48. The van der Waals surface area contributed by atoms with Crippen molar-refractivity contribution in [3.8, 4) is 5.75 Å². The maximum atomic E-state index is 13.6. The molecule has 21 heavy (non-hydrogen) atoms. The Morgan fingerprint density at radius 1 is 1.14 bits per heavy atom. The molecule has 0 fully saturated rings. The second-order valence-electron chi connectivity index (χ2n) is 4.88. The Hall–Kier alpha value is -1.72. The summed E-state index contributed by atoms with van der Waals surface area (Å²) >= 11 is 0. The smallest absolute Gasteiger partial charge is 0.189 e. The Labute approximate surface area is 125 Å². The number of rotatable bonds is 4. The molecule has 0 saturated carbocycles. The standard InChI is InChI=1S/C16H15FO3S/c17-15-6-13-8-19-11-20-16(13)14(7-15)10-21(18)9-12-4-2-1-3-5-12/h1-7H,8-11H2. The molecule has 0 aliphatic carbocycles. The summed E-state index contributed by atoms with van der Waals surface area (Å²) in [6, 6.07) is 12.4. The van der Waals surface area contributed by atoms with Crippen LogP contribution in [0.25, 0.3) is 0 Å². The van der Waals surface area contributed by atoms with Gasteiger partial charge in [0.1, 0.15) is 11.6 Å². The van der Waals surface area contributed by atoms with Crippen molar-refractivity contribution in [2.75, 3.05) is 6.79 Å². The fraction of sp³-hybridized carbons (Fsp3) is 0.250. The molecular weight excluding hydrogens is 291 g/mol. The van der Waals surface area contributed by atoms with Gasteiger partial charge in [0, 0.05) is 27.7 Å². The zero-order valence-electron chi connectivity index (χ0n) is 11.4. The summed E-state index contributed by atoms with van der Waals surface area (Å²) in [7, 11) is -1.12.